The number of hydrogen-bond acceptors (Lipinski definition) is 3. The summed E-state index contributed by atoms with van der Waals surface area (Å²) < 4.78 is 6.07. The summed E-state index contributed by atoms with van der Waals surface area (Å²) in [6.45, 7) is 4.78. The Kier molecular flexibility index (Phi) is 4.04. The van der Waals surface area contributed by atoms with Crippen molar-refractivity contribution in [3.8, 4) is 5.75 Å². The van der Waals surface area contributed by atoms with E-state index in [1.54, 1.807) is 0 Å². The van der Waals surface area contributed by atoms with Crippen molar-refractivity contribution in [1.82, 2.24) is 9.80 Å². The molecule has 1 unspecified atom stereocenters. The molecule has 0 amide bonds. The van der Waals surface area contributed by atoms with E-state index >= 15 is 0 Å². The molecule has 3 rings (SSSR count). The summed E-state index contributed by atoms with van der Waals surface area (Å²) in [5.41, 5.74) is 0. The molecule has 0 radical (unpaired) electrons. The van der Waals surface area contributed by atoms with Crippen LogP contribution in [-0.4, -0.2) is 55.2 Å². The first-order valence-corrected chi connectivity index (χ1v) is 7.45. The quantitative estimate of drug-likeness (QED) is 0.829. The van der Waals surface area contributed by atoms with Crippen molar-refractivity contribution < 1.29 is 4.74 Å². The molecule has 2 aliphatic heterocycles. The van der Waals surface area contributed by atoms with Crippen molar-refractivity contribution in [3.05, 3.63) is 30.3 Å². The second kappa shape index (κ2) is 5.93. The maximum atomic E-state index is 6.07. The first-order valence-electron chi connectivity index (χ1n) is 7.45. The molecule has 2 aliphatic rings. The average molecular weight is 260 g/mol. The Morgan fingerprint density at radius 3 is 2.47 bits per heavy atom. The van der Waals surface area contributed by atoms with Crippen LogP contribution in [0.4, 0.5) is 0 Å². The fourth-order valence-electron chi connectivity index (χ4n) is 3.23. The standard InChI is InChI=1S/C16H24N2O/c1-17-10-7-14(8-11-17)18-12-9-16(13-18)19-15-5-3-2-4-6-15/h2-6,14,16H,7-13H2,1H3. The summed E-state index contributed by atoms with van der Waals surface area (Å²) in [5.74, 6) is 1.01. The minimum absolute atomic E-state index is 0.377. The molecule has 3 nitrogen and oxygen atoms in total. The van der Waals surface area contributed by atoms with E-state index in [2.05, 4.69) is 29.0 Å². The first-order chi connectivity index (χ1) is 9.31. The third-order valence-electron chi connectivity index (χ3n) is 4.43. The van der Waals surface area contributed by atoms with Gasteiger partial charge in [0.05, 0.1) is 0 Å². The van der Waals surface area contributed by atoms with E-state index in [9.17, 15) is 0 Å². The van der Waals surface area contributed by atoms with E-state index in [1.807, 2.05) is 18.2 Å². The second-order valence-corrected chi connectivity index (χ2v) is 5.87. The van der Waals surface area contributed by atoms with Gasteiger partial charge in [-0.15, -0.1) is 0 Å². The number of rotatable bonds is 3. The number of ether oxygens (including phenoxy) is 1. The molecule has 2 fully saturated rings. The van der Waals surface area contributed by atoms with Gasteiger partial charge >= 0.3 is 0 Å². The topological polar surface area (TPSA) is 15.7 Å². The van der Waals surface area contributed by atoms with E-state index in [0.29, 0.717) is 6.10 Å². The largest absolute Gasteiger partial charge is 0.489 e. The van der Waals surface area contributed by atoms with Gasteiger partial charge in [0.1, 0.15) is 11.9 Å². The van der Waals surface area contributed by atoms with E-state index in [4.69, 9.17) is 4.74 Å². The number of piperidine rings is 1. The Morgan fingerprint density at radius 1 is 1.00 bits per heavy atom. The Bertz CT molecular complexity index is 387. The molecule has 3 heteroatoms. The van der Waals surface area contributed by atoms with E-state index in [0.717, 1.165) is 18.3 Å². The van der Waals surface area contributed by atoms with Gasteiger partial charge < -0.3 is 9.64 Å². The minimum Gasteiger partial charge on any atom is -0.489 e. The van der Waals surface area contributed by atoms with E-state index in [-0.39, 0.29) is 0 Å². The molecule has 104 valence electrons. The third kappa shape index (κ3) is 3.28. The van der Waals surface area contributed by atoms with Crippen LogP contribution in [0.3, 0.4) is 0 Å². The molecule has 0 N–H and O–H groups in total. The molecule has 0 bridgehead atoms. The van der Waals surface area contributed by atoms with Crippen LogP contribution in [0.1, 0.15) is 19.3 Å². The van der Waals surface area contributed by atoms with Gasteiger partial charge in [-0.05, 0) is 51.5 Å². The van der Waals surface area contributed by atoms with Gasteiger partial charge in [0.2, 0.25) is 0 Å². The van der Waals surface area contributed by atoms with Gasteiger partial charge in [-0.3, -0.25) is 4.90 Å². The SMILES string of the molecule is CN1CCC(N2CCC(Oc3ccccc3)C2)CC1. The lowest BCUT2D eigenvalue weighted by Crippen LogP contribution is -2.43. The second-order valence-electron chi connectivity index (χ2n) is 5.87. The molecule has 2 heterocycles. The molecule has 0 aromatic heterocycles. The molecule has 0 aliphatic carbocycles. The Balaban J connectivity index is 1.50. The van der Waals surface area contributed by atoms with E-state index in [1.165, 1.54) is 38.9 Å². The summed E-state index contributed by atoms with van der Waals surface area (Å²) in [6.07, 6.45) is 4.17. The summed E-state index contributed by atoms with van der Waals surface area (Å²) in [7, 11) is 2.22. The molecule has 1 aromatic rings. The summed E-state index contributed by atoms with van der Waals surface area (Å²) in [5, 5.41) is 0. The zero-order valence-corrected chi connectivity index (χ0v) is 11.8. The Morgan fingerprint density at radius 2 is 1.74 bits per heavy atom. The van der Waals surface area contributed by atoms with Crippen molar-refractivity contribution in [2.24, 2.45) is 0 Å². The molecule has 2 saturated heterocycles. The normalized spacial score (nSPS) is 26.7. The van der Waals surface area contributed by atoms with Crippen molar-refractivity contribution in [1.29, 1.82) is 0 Å². The maximum absolute atomic E-state index is 6.07. The summed E-state index contributed by atoms with van der Waals surface area (Å²) in [4.78, 5) is 5.07. The zero-order valence-electron chi connectivity index (χ0n) is 11.8. The minimum atomic E-state index is 0.377. The van der Waals surface area contributed by atoms with Crippen LogP contribution in [0.25, 0.3) is 0 Å². The predicted octanol–water partition coefficient (Wildman–Crippen LogP) is 2.23. The highest BCUT2D eigenvalue weighted by Crippen LogP contribution is 2.23. The number of benzene rings is 1. The highest BCUT2D eigenvalue weighted by Gasteiger charge is 2.30. The fraction of sp³-hybridized carbons (Fsp3) is 0.625. The zero-order chi connectivity index (χ0) is 13.1. The molecule has 0 spiro atoms. The van der Waals surface area contributed by atoms with Crippen LogP contribution in [0.2, 0.25) is 0 Å². The van der Waals surface area contributed by atoms with Gasteiger partial charge in [0, 0.05) is 19.1 Å². The monoisotopic (exact) mass is 260 g/mol. The van der Waals surface area contributed by atoms with Crippen LogP contribution < -0.4 is 4.74 Å². The smallest absolute Gasteiger partial charge is 0.119 e. The van der Waals surface area contributed by atoms with Crippen molar-refractivity contribution in [2.75, 3.05) is 33.2 Å². The molecule has 1 aromatic carbocycles. The van der Waals surface area contributed by atoms with E-state index < -0.39 is 0 Å². The van der Waals surface area contributed by atoms with Crippen LogP contribution in [0, 0.1) is 0 Å². The van der Waals surface area contributed by atoms with Crippen LogP contribution in [0.5, 0.6) is 5.75 Å². The number of para-hydroxylation sites is 1. The van der Waals surface area contributed by atoms with Gasteiger partial charge in [-0.2, -0.15) is 0 Å². The Hall–Kier alpha value is -1.06. The lowest BCUT2D eigenvalue weighted by molar-refractivity contribution is 0.126. The molecule has 0 saturated carbocycles. The van der Waals surface area contributed by atoms with Crippen molar-refractivity contribution in [3.63, 3.8) is 0 Å². The summed E-state index contributed by atoms with van der Waals surface area (Å²) >= 11 is 0. The van der Waals surface area contributed by atoms with Crippen LogP contribution >= 0.6 is 0 Å². The fourth-order valence-corrected chi connectivity index (χ4v) is 3.23. The van der Waals surface area contributed by atoms with Gasteiger partial charge in [-0.1, -0.05) is 18.2 Å². The third-order valence-corrected chi connectivity index (χ3v) is 4.43. The number of nitrogens with zero attached hydrogens (tertiary/aromatic N) is 2. The number of likely N-dealkylation sites (tertiary alicyclic amines) is 2. The van der Waals surface area contributed by atoms with Crippen LogP contribution in [0.15, 0.2) is 30.3 Å². The summed E-state index contributed by atoms with van der Waals surface area (Å²) in [6, 6.07) is 11.0. The Labute approximate surface area is 116 Å². The van der Waals surface area contributed by atoms with Gasteiger partial charge in [0.15, 0.2) is 0 Å². The first kappa shape index (κ1) is 12.9. The van der Waals surface area contributed by atoms with Gasteiger partial charge in [-0.25, -0.2) is 0 Å². The molecular formula is C16H24N2O. The highest BCUT2D eigenvalue weighted by atomic mass is 16.5. The molecular weight excluding hydrogens is 236 g/mol. The van der Waals surface area contributed by atoms with Crippen LogP contribution in [-0.2, 0) is 0 Å². The van der Waals surface area contributed by atoms with Crippen molar-refractivity contribution >= 4 is 0 Å². The number of hydrogen-bond donors (Lipinski definition) is 0. The molecule has 19 heavy (non-hydrogen) atoms. The van der Waals surface area contributed by atoms with Crippen molar-refractivity contribution in [2.45, 2.75) is 31.4 Å². The highest BCUT2D eigenvalue weighted by molar-refractivity contribution is 5.21. The average Bonchev–Trinajstić information content (AvgIpc) is 2.89. The predicted molar refractivity (Wildman–Crippen MR) is 77.6 cm³/mol. The van der Waals surface area contributed by atoms with Gasteiger partial charge in [0.25, 0.3) is 0 Å². The lowest BCUT2D eigenvalue weighted by atomic mass is 10.0. The lowest BCUT2D eigenvalue weighted by Gasteiger charge is -2.34. The maximum Gasteiger partial charge on any atom is 0.119 e. The molecule has 1 atom stereocenters.